The van der Waals surface area contributed by atoms with E-state index in [1.807, 2.05) is 67.8 Å². The lowest BCUT2D eigenvalue weighted by molar-refractivity contribution is -0.139. The Labute approximate surface area is 240 Å². The standard InChI is InChI=1S/C30H27Cl2N3O3S/c1-6-38-29(37)26-18(4)33-30-35(27(26)20-9-7-16(2)8-10-20)28(36)25(39-30)14-21-13-17(3)34(19(21)5)24-12-11-22(31)15-23(24)32/h7-15,27H,6H2,1-5H3/b25-14-/t27-/m1/s1. The summed E-state index contributed by atoms with van der Waals surface area (Å²) >= 11 is 13.9. The number of rotatable bonds is 5. The van der Waals surface area contributed by atoms with E-state index >= 15 is 0 Å². The summed E-state index contributed by atoms with van der Waals surface area (Å²) in [6.07, 6.45) is 1.88. The van der Waals surface area contributed by atoms with Gasteiger partial charge < -0.3 is 9.30 Å². The molecule has 0 N–H and O–H groups in total. The van der Waals surface area contributed by atoms with Gasteiger partial charge in [0, 0.05) is 16.4 Å². The Morgan fingerprint density at radius 2 is 1.79 bits per heavy atom. The summed E-state index contributed by atoms with van der Waals surface area (Å²) in [5.41, 5.74) is 6.20. The van der Waals surface area contributed by atoms with Gasteiger partial charge in [0.15, 0.2) is 4.80 Å². The normalized spacial score (nSPS) is 15.4. The summed E-state index contributed by atoms with van der Waals surface area (Å²) in [6, 6.07) is 14.6. The van der Waals surface area contributed by atoms with E-state index in [4.69, 9.17) is 27.9 Å². The summed E-state index contributed by atoms with van der Waals surface area (Å²) in [4.78, 5) is 32.2. The molecule has 1 aliphatic heterocycles. The van der Waals surface area contributed by atoms with Gasteiger partial charge in [0.25, 0.3) is 5.56 Å². The molecule has 0 fully saturated rings. The van der Waals surface area contributed by atoms with Crippen LogP contribution in [-0.2, 0) is 9.53 Å². The molecule has 6 nitrogen and oxygen atoms in total. The Morgan fingerprint density at radius 3 is 2.46 bits per heavy atom. The number of esters is 1. The maximum atomic E-state index is 13.9. The van der Waals surface area contributed by atoms with Crippen LogP contribution in [-0.4, -0.2) is 21.7 Å². The zero-order valence-corrected chi connectivity index (χ0v) is 24.5. The molecule has 5 rings (SSSR count). The summed E-state index contributed by atoms with van der Waals surface area (Å²) in [7, 11) is 0. The number of hydrogen-bond acceptors (Lipinski definition) is 5. The van der Waals surface area contributed by atoms with Crippen molar-refractivity contribution < 1.29 is 9.53 Å². The van der Waals surface area contributed by atoms with Gasteiger partial charge in [-0.2, -0.15) is 0 Å². The Kier molecular flexibility index (Phi) is 7.42. The quantitative estimate of drug-likeness (QED) is 0.280. The number of hydrogen-bond donors (Lipinski definition) is 0. The number of halogens is 2. The van der Waals surface area contributed by atoms with Crippen LogP contribution < -0.4 is 14.9 Å². The first-order chi connectivity index (χ1) is 18.6. The van der Waals surface area contributed by atoms with Crippen LogP contribution in [0.1, 0.15) is 48.0 Å². The van der Waals surface area contributed by atoms with Gasteiger partial charge in [0.2, 0.25) is 0 Å². The molecule has 0 radical (unpaired) electrons. The Hall–Kier alpha value is -3.39. The fourth-order valence-corrected chi connectivity index (χ4v) is 6.49. The number of nitrogens with zero attached hydrogens (tertiary/aromatic N) is 3. The minimum atomic E-state index is -0.636. The van der Waals surface area contributed by atoms with Crippen molar-refractivity contribution in [3.05, 3.63) is 118 Å². The molecule has 200 valence electrons. The van der Waals surface area contributed by atoms with E-state index in [0.29, 0.717) is 30.6 Å². The third-order valence-electron chi connectivity index (χ3n) is 6.82. The van der Waals surface area contributed by atoms with Crippen molar-refractivity contribution in [3.8, 4) is 5.69 Å². The molecule has 4 aromatic rings. The highest BCUT2D eigenvalue weighted by molar-refractivity contribution is 7.07. The highest BCUT2D eigenvalue weighted by atomic mass is 35.5. The zero-order valence-electron chi connectivity index (χ0n) is 22.2. The topological polar surface area (TPSA) is 65.6 Å². The molecule has 2 aromatic carbocycles. The molecule has 1 aliphatic rings. The van der Waals surface area contributed by atoms with E-state index in [1.54, 1.807) is 30.5 Å². The molecular weight excluding hydrogens is 553 g/mol. The van der Waals surface area contributed by atoms with Crippen LogP contribution in [0.5, 0.6) is 0 Å². The highest BCUT2D eigenvalue weighted by Crippen LogP contribution is 2.31. The fraction of sp³-hybridized carbons (Fsp3) is 0.233. The van der Waals surface area contributed by atoms with Gasteiger partial charge in [-0.25, -0.2) is 9.79 Å². The smallest absolute Gasteiger partial charge is 0.338 e. The second-order valence-corrected chi connectivity index (χ2v) is 11.3. The van der Waals surface area contributed by atoms with Crippen molar-refractivity contribution in [2.45, 2.75) is 40.7 Å². The monoisotopic (exact) mass is 579 g/mol. The number of benzene rings is 2. The van der Waals surface area contributed by atoms with E-state index in [1.165, 1.54) is 11.3 Å². The lowest BCUT2D eigenvalue weighted by atomic mass is 9.95. The molecule has 0 amide bonds. The van der Waals surface area contributed by atoms with Crippen LogP contribution in [0.15, 0.2) is 69.6 Å². The molecule has 0 bridgehead atoms. The van der Waals surface area contributed by atoms with Gasteiger partial charge in [-0.1, -0.05) is 64.4 Å². The van der Waals surface area contributed by atoms with Crippen molar-refractivity contribution in [1.29, 1.82) is 0 Å². The number of aryl methyl sites for hydroxylation is 2. The van der Waals surface area contributed by atoms with E-state index in [9.17, 15) is 9.59 Å². The SMILES string of the molecule is CCOC(=O)C1=C(C)N=c2s/c(=C\c3cc(C)n(-c4ccc(Cl)cc4Cl)c3C)c(=O)n2[C@@H]1c1ccc(C)cc1. The molecule has 9 heteroatoms. The van der Waals surface area contributed by atoms with E-state index < -0.39 is 12.0 Å². The van der Waals surface area contributed by atoms with E-state index in [-0.39, 0.29) is 12.2 Å². The van der Waals surface area contributed by atoms with Crippen molar-refractivity contribution in [2.24, 2.45) is 4.99 Å². The molecule has 0 spiro atoms. The number of carbonyl (C=O) groups is 1. The average Bonchev–Trinajstić information content (AvgIpc) is 3.33. The lowest BCUT2D eigenvalue weighted by Crippen LogP contribution is -2.39. The first-order valence-electron chi connectivity index (χ1n) is 12.5. The number of ether oxygens (including phenoxy) is 1. The van der Waals surface area contributed by atoms with E-state index in [0.717, 1.165) is 33.8 Å². The van der Waals surface area contributed by atoms with Crippen LogP contribution in [0.4, 0.5) is 0 Å². The largest absolute Gasteiger partial charge is 0.463 e. The lowest BCUT2D eigenvalue weighted by Gasteiger charge is -2.24. The molecule has 39 heavy (non-hydrogen) atoms. The van der Waals surface area contributed by atoms with Crippen LogP contribution in [0.3, 0.4) is 0 Å². The Bertz CT molecular complexity index is 1830. The molecule has 0 aliphatic carbocycles. The molecule has 0 saturated carbocycles. The van der Waals surface area contributed by atoms with Crippen molar-refractivity contribution in [1.82, 2.24) is 9.13 Å². The molecule has 2 aromatic heterocycles. The number of thiazole rings is 1. The van der Waals surface area contributed by atoms with Gasteiger partial charge in [-0.05, 0) is 76.1 Å². The molecular formula is C30H27Cl2N3O3S. The van der Waals surface area contributed by atoms with Gasteiger partial charge >= 0.3 is 5.97 Å². The fourth-order valence-electron chi connectivity index (χ4n) is 4.96. The second-order valence-electron chi connectivity index (χ2n) is 9.47. The third kappa shape index (κ3) is 4.91. The molecule has 1 atom stereocenters. The Morgan fingerprint density at radius 1 is 1.08 bits per heavy atom. The number of aromatic nitrogens is 2. The van der Waals surface area contributed by atoms with E-state index in [2.05, 4.69) is 4.99 Å². The van der Waals surface area contributed by atoms with Gasteiger partial charge in [-0.3, -0.25) is 9.36 Å². The van der Waals surface area contributed by atoms with Gasteiger partial charge in [-0.15, -0.1) is 0 Å². The average molecular weight is 581 g/mol. The molecule has 0 unspecified atom stereocenters. The van der Waals surface area contributed by atoms with Crippen LogP contribution >= 0.6 is 34.5 Å². The number of fused-ring (bicyclic) bond motifs is 1. The second kappa shape index (κ2) is 10.6. The summed E-state index contributed by atoms with van der Waals surface area (Å²) in [5.74, 6) is -0.470. The van der Waals surface area contributed by atoms with Gasteiger partial charge in [0.05, 0.1) is 39.2 Å². The van der Waals surface area contributed by atoms with Crippen molar-refractivity contribution in [3.63, 3.8) is 0 Å². The van der Waals surface area contributed by atoms with Crippen molar-refractivity contribution >= 4 is 46.6 Å². The van der Waals surface area contributed by atoms with Gasteiger partial charge in [0.1, 0.15) is 0 Å². The first kappa shape index (κ1) is 27.2. The van der Waals surface area contributed by atoms with Crippen LogP contribution in [0.25, 0.3) is 11.8 Å². The molecule has 3 heterocycles. The minimum absolute atomic E-state index is 0.215. The summed E-state index contributed by atoms with van der Waals surface area (Å²) in [6.45, 7) is 9.75. The minimum Gasteiger partial charge on any atom is -0.463 e. The Balaban J connectivity index is 1.69. The molecule has 0 saturated heterocycles. The first-order valence-corrected chi connectivity index (χ1v) is 14.1. The maximum Gasteiger partial charge on any atom is 0.338 e. The highest BCUT2D eigenvalue weighted by Gasteiger charge is 2.33. The predicted molar refractivity (Wildman–Crippen MR) is 157 cm³/mol. The third-order valence-corrected chi connectivity index (χ3v) is 8.34. The summed E-state index contributed by atoms with van der Waals surface area (Å²) in [5, 5.41) is 1.10. The van der Waals surface area contributed by atoms with Crippen LogP contribution in [0.2, 0.25) is 10.0 Å². The zero-order chi connectivity index (χ0) is 28.0. The number of carbonyl (C=O) groups excluding carboxylic acids is 1. The predicted octanol–water partition coefficient (Wildman–Crippen LogP) is 5.82. The summed E-state index contributed by atoms with van der Waals surface area (Å²) < 4.78 is 9.54. The maximum absolute atomic E-state index is 13.9. The van der Waals surface area contributed by atoms with Crippen molar-refractivity contribution in [2.75, 3.05) is 6.61 Å². The van der Waals surface area contributed by atoms with Crippen LogP contribution in [0, 0.1) is 20.8 Å². The number of allylic oxidation sites excluding steroid dienone is 1.